The van der Waals surface area contributed by atoms with E-state index in [1.165, 1.54) is 11.1 Å². The fraction of sp³-hybridized carbons (Fsp3) is 0.440. The zero-order chi connectivity index (χ0) is 21.1. The Hall–Kier alpha value is -2.82. The Balaban J connectivity index is 1.62. The van der Waals surface area contributed by atoms with E-state index >= 15 is 0 Å². The third kappa shape index (κ3) is 4.50. The lowest BCUT2D eigenvalue weighted by molar-refractivity contribution is -0.134. The largest absolute Gasteiger partial charge is 0.484 e. The zero-order valence-electron chi connectivity index (χ0n) is 17.8. The van der Waals surface area contributed by atoms with Crippen molar-refractivity contribution in [1.29, 1.82) is 0 Å². The molecule has 1 N–H and O–H groups in total. The van der Waals surface area contributed by atoms with E-state index in [0.717, 1.165) is 43.4 Å². The van der Waals surface area contributed by atoms with E-state index in [4.69, 9.17) is 4.74 Å². The van der Waals surface area contributed by atoms with Crippen molar-refractivity contribution in [2.75, 3.05) is 19.7 Å². The second-order valence-electron chi connectivity index (χ2n) is 8.37. The molecular formula is C25H30N2O3. The summed E-state index contributed by atoms with van der Waals surface area (Å²) in [6, 6.07) is 14.3. The van der Waals surface area contributed by atoms with Gasteiger partial charge >= 0.3 is 0 Å². The first-order valence-electron chi connectivity index (χ1n) is 11.0. The fourth-order valence-electron chi connectivity index (χ4n) is 4.06. The molecule has 0 radical (unpaired) electrons. The van der Waals surface area contributed by atoms with Gasteiger partial charge in [0.05, 0.1) is 6.04 Å². The van der Waals surface area contributed by atoms with Crippen molar-refractivity contribution in [2.45, 2.75) is 45.6 Å². The normalized spacial score (nSPS) is 17.9. The van der Waals surface area contributed by atoms with Gasteiger partial charge in [-0.1, -0.05) is 42.8 Å². The first-order valence-corrected chi connectivity index (χ1v) is 11.0. The number of aryl methyl sites for hydroxylation is 1. The topological polar surface area (TPSA) is 58.6 Å². The van der Waals surface area contributed by atoms with Crippen LogP contribution in [0.15, 0.2) is 42.5 Å². The van der Waals surface area contributed by atoms with Crippen molar-refractivity contribution >= 4 is 11.8 Å². The van der Waals surface area contributed by atoms with Gasteiger partial charge in [0.2, 0.25) is 5.91 Å². The van der Waals surface area contributed by atoms with Crippen molar-refractivity contribution in [3.05, 3.63) is 64.7 Å². The summed E-state index contributed by atoms with van der Waals surface area (Å²) in [6.07, 6.45) is 3.73. The molecule has 0 bridgehead atoms. The second kappa shape index (κ2) is 8.90. The average Bonchev–Trinajstić information content (AvgIpc) is 3.61. The molecule has 2 aliphatic rings. The smallest absolute Gasteiger partial charge is 0.257 e. The van der Waals surface area contributed by atoms with Crippen molar-refractivity contribution in [1.82, 2.24) is 10.2 Å². The van der Waals surface area contributed by atoms with Gasteiger partial charge in [-0.2, -0.15) is 0 Å². The van der Waals surface area contributed by atoms with E-state index in [0.29, 0.717) is 12.3 Å². The number of amides is 2. The number of fused-ring (bicyclic) bond motifs is 1. The van der Waals surface area contributed by atoms with Crippen LogP contribution in [0.1, 0.15) is 54.5 Å². The standard InChI is InChI=1S/C25H30N2O3/c1-3-13-26-23(28)16-30-21-11-10-18-12-14-27(25(29)20-8-9-20)24(22(18)15-21)19-6-4-17(2)5-7-19/h4-7,10-11,15,20,24H,3,8-9,12-14,16H2,1-2H3,(H,26,28). The van der Waals surface area contributed by atoms with Gasteiger partial charge in [-0.15, -0.1) is 0 Å². The van der Waals surface area contributed by atoms with Crippen molar-refractivity contribution < 1.29 is 14.3 Å². The molecule has 1 unspecified atom stereocenters. The lowest BCUT2D eigenvalue weighted by atomic mass is 9.87. The molecule has 1 atom stereocenters. The highest BCUT2D eigenvalue weighted by Crippen LogP contribution is 2.41. The quantitative estimate of drug-likeness (QED) is 0.761. The van der Waals surface area contributed by atoms with Crippen LogP contribution in [-0.2, 0) is 16.0 Å². The summed E-state index contributed by atoms with van der Waals surface area (Å²) in [6.45, 7) is 5.48. The molecule has 1 heterocycles. The number of rotatable bonds is 7. The van der Waals surface area contributed by atoms with Crippen LogP contribution < -0.4 is 10.1 Å². The summed E-state index contributed by atoms with van der Waals surface area (Å²) >= 11 is 0. The van der Waals surface area contributed by atoms with Crippen molar-refractivity contribution in [2.24, 2.45) is 5.92 Å². The van der Waals surface area contributed by atoms with Crippen LogP contribution in [0, 0.1) is 12.8 Å². The highest BCUT2D eigenvalue weighted by atomic mass is 16.5. The van der Waals surface area contributed by atoms with Gasteiger partial charge in [0.1, 0.15) is 5.75 Å². The Labute approximate surface area is 178 Å². The molecule has 2 aromatic carbocycles. The predicted molar refractivity (Wildman–Crippen MR) is 116 cm³/mol. The maximum Gasteiger partial charge on any atom is 0.257 e. The molecule has 1 saturated carbocycles. The summed E-state index contributed by atoms with van der Waals surface area (Å²) in [5.74, 6) is 0.992. The van der Waals surface area contributed by atoms with Gasteiger partial charge < -0.3 is 15.0 Å². The van der Waals surface area contributed by atoms with Gasteiger partial charge in [0, 0.05) is 19.0 Å². The number of hydrogen-bond acceptors (Lipinski definition) is 3. The van der Waals surface area contributed by atoms with Gasteiger partial charge in [0.15, 0.2) is 6.61 Å². The van der Waals surface area contributed by atoms with Gasteiger partial charge in [-0.05, 0) is 61.4 Å². The van der Waals surface area contributed by atoms with Crippen LogP contribution in [0.5, 0.6) is 5.75 Å². The van der Waals surface area contributed by atoms with Crippen LogP contribution in [0.2, 0.25) is 0 Å². The number of ether oxygens (including phenoxy) is 1. The maximum atomic E-state index is 13.1. The monoisotopic (exact) mass is 406 g/mol. The van der Waals surface area contributed by atoms with Crippen LogP contribution in [-0.4, -0.2) is 36.4 Å². The van der Waals surface area contributed by atoms with Gasteiger partial charge in [-0.3, -0.25) is 9.59 Å². The number of hydrogen-bond donors (Lipinski definition) is 1. The Kier molecular flexibility index (Phi) is 6.07. The minimum absolute atomic E-state index is 0.00129. The zero-order valence-corrected chi connectivity index (χ0v) is 17.8. The van der Waals surface area contributed by atoms with Crippen LogP contribution in [0.4, 0.5) is 0 Å². The number of benzene rings is 2. The SMILES string of the molecule is CCCNC(=O)COc1ccc2c(c1)C(c1ccc(C)cc1)N(C(=O)C1CC1)CC2. The highest BCUT2D eigenvalue weighted by molar-refractivity contribution is 5.82. The van der Waals surface area contributed by atoms with Gasteiger partial charge in [0.25, 0.3) is 5.91 Å². The van der Waals surface area contributed by atoms with Crippen LogP contribution in [0.25, 0.3) is 0 Å². The van der Waals surface area contributed by atoms with E-state index in [1.807, 2.05) is 24.0 Å². The first kappa shape index (κ1) is 20.5. The molecule has 5 heteroatoms. The van der Waals surface area contributed by atoms with E-state index in [-0.39, 0.29) is 30.4 Å². The Morgan fingerprint density at radius 3 is 2.60 bits per heavy atom. The molecule has 0 saturated heterocycles. The second-order valence-corrected chi connectivity index (χ2v) is 8.37. The molecule has 0 spiro atoms. The molecule has 1 aliphatic heterocycles. The third-order valence-corrected chi connectivity index (χ3v) is 5.89. The van der Waals surface area contributed by atoms with Gasteiger partial charge in [-0.25, -0.2) is 0 Å². The molecule has 158 valence electrons. The molecule has 2 aromatic rings. The molecule has 30 heavy (non-hydrogen) atoms. The van der Waals surface area contributed by atoms with Crippen molar-refractivity contribution in [3.63, 3.8) is 0 Å². The average molecular weight is 407 g/mol. The van der Waals surface area contributed by atoms with Crippen molar-refractivity contribution in [3.8, 4) is 5.75 Å². The first-order chi connectivity index (χ1) is 14.6. The number of nitrogens with one attached hydrogen (secondary N) is 1. The maximum absolute atomic E-state index is 13.1. The molecule has 4 rings (SSSR count). The number of carbonyl (C=O) groups is 2. The highest BCUT2D eigenvalue weighted by Gasteiger charge is 2.39. The predicted octanol–water partition coefficient (Wildman–Crippen LogP) is 3.78. The van der Waals surface area contributed by atoms with E-state index in [1.54, 1.807) is 0 Å². The summed E-state index contributed by atoms with van der Waals surface area (Å²) in [7, 11) is 0. The molecule has 1 aliphatic carbocycles. The van der Waals surface area contributed by atoms with E-state index < -0.39 is 0 Å². The van der Waals surface area contributed by atoms with Crippen LogP contribution in [0.3, 0.4) is 0 Å². The van der Waals surface area contributed by atoms with E-state index in [2.05, 4.69) is 42.6 Å². The number of carbonyl (C=O) groups excluding carboxylic acids is 2. The van der Waals surface area contributed by atoms with E-state index in [9.17, 15) is 9.59 Å². The summed E-state index contributed by atoms with van der Waals surface area (Å²) < 4.78 is 5.77. The molecule has 1 fully saturated rings. The molecule has 2 amide bonds. The summed E-state index contributed by atoms with van der Waals surface area (Å²) in [5, 5.41) is 2.83. The lowest BCUT2D eigenvalue weighted by Crippen LogP contribution is -2.41. The lowest BCUT2D eigenvalue weighted by Gasteiger charge is -2.38. The minimum atomic E-state index is -0.116. The Morgan fingerprint density at radius 1 is 1.13 bits per heavy atom. The fourth-order valence-corrected chi connectivity index (χ4v) is 4.06. The third-order valence-electron chi connectivity index (χ3n) is 5.89. The van der Waals surface area contributed by atoms with Crippen LogP contribution >= 0.6 is 0 Å². The molecule has 5 nitrogen and oxygen atoms in total. The summed E-state index contributed by atoms with van der Waals surface area (Å²) in [4.78, 5) is 27.0. The minimum Gasteiger partial charge on any atom is -0.484 e. The number of nitrogens with zero attached hydrogens (tertiary/aromatic N) is 1. The Morgan fingerprint density at radius 2 is 1.90 bits per heavy atom. The molecule has 0 aromatic heterocycles. The Bertz CT molecular complexity index is 918. The summed E-state index contributed by atoms with van der Waals surface area (Å²) in [5.41, 5.74) is 4.66. The molecular weight excluding hydrogens is 376 g/mol.